The van der Waals surface area contributed by atoms with Gasteiger partial charge in [0, 0.05) is 32.1 Å². The maximum atomic E-state index is 12.3. The van der Waals surface area contributed by atoms with E-state index in [1.54, 1.807) is 0 Å². The third kappa shape index (κ3) is 2.24. The number of esters is 1. The van der Waals surface area contributed by atoms with Crippen molar-refractivity contribution in [1.29, 1.82) is 0 Å². The molecule has 1 aliphatic carbocycles. The average Bonchev–Trinajstić information content (AvgIpc) is 3.24. The van der Waals surface area contributed by atoms with Crippen molar-refractivity contribution < 1.29 is 9.53 Å². The zero-order valence-corrected chi connectivity index (χ0v) is 12.1. The molecule has 2 heterocycles. The number of ether oxygens (including phenoxy) is 1. The minimum atomic E-state index is -0.570. The van der Waals surface area contributed by atoms with Gasteiger partial charge in [0.1, 0.15) is 5.82 Å². The first kappa shape index (κ1) is 13.6. The number of carbonyl (C=O) groups excluding carboxylic acids is 1. The van der Waals surface area contributed by atoms with Crippen LogP contribution in [0.1, 0.15) is 37.2 Å². The first-order valence-corrected chi connectivity index (χ1v) is 7.53. The molecule has 5 heteroatoms. The molecule has 0 spiro atoms. The van der Waals surface area contributed by atoms with E-state index in [1.165, 1.54) is 20.0 Å². The van der Waals surface area contributed by atoms with Gasteiger partial charge in [0.15, 0.2) is 0 Å². The highest BCUT2D eigenvalue weighted by atomic mass is 16.5. The van der Waals surface area contributed by atoms with E-state index < -0.39 is 5.41 Å². The van der Waals surface area contributed by atoms with Crippen LogP contribution in [0.5, 0.6) is 0 Å². The van der Waals surface area contributed by atoms with Crippen LogP contribution in [0.15, 0.2) is 6.20 Å². The quantitative estimate of drug-likeness (QED) is 0.823. The number of carbonyl (C=O) groups is 1. The molecule has 1 aliphatic heterocycles. The lowest BCUT2D eigenvalue weighted by Gasteiger charge is -2.28. The van der Waals surface area contributed by atoms with E-state index in [2.05, 4.69) is 10.8 Å². The lowest BCUT2D eigenvalue weighted by atomic mass is 9.78. The molecule has 0 saturated heterocycles. The van der Waals surface area contributed by atoms with E-state index in [4.69, 9.17) is 15.5 Å². The second-order valence-electron chi connectivity index (χ2n) is 6.10. The fourth-order valence-electron chi connectivity index (χ4n) is 3.42. The summed E-state index contributed by atoms with van der Waals surface area (Å²) in [6.45, 7) is 1.38. The molecule has 1 atom stereocenters. The van der Waals surface area contributed by atoms with Crippen LogP contribution in [0.25, 0.3) is 0 Å². The van der Waals surface area contributed by atoms with Crippen LogP contribution < -0.4 is 5.73 Å². The lowest BCUT2D eigenvalue weighted by molar-refractivity contribution is -0.153. The molecule has 0 aromatic carbocycles. The SMILES string of the molecule is COC(=O)C(CN)(Cc1cn2c(n1)CCCC2)C1CC1. The zero-order valence-electron chi connectivity index (χ0n) is 12.1. The standard InChI is InChI=1S/C15H23N3O2/c1-20-14(19)15(10-16,11-5-6-11)8-12-9-18-7-3-2-4-13(18)17-12/h9,11H,2-8,10,16H2,1H3. The largest absolute Gasteiger partial charge is 0.469 e. The molecule has 110 valence electrons. The summed E-state index contributed by atoms with van der Waals surface area (Å²) < 4.78 is 7.26. The minimum Gasteiger partial charge on any atom is -0.469 e. The summed E-state index contributed by atoms with van der Waals surface area (Å²) >= 11 is 0. The summed E-state index contributed by atoms with van der Waals surface area (Å²) in [5, 5.41) is 0. The highest BCUT2D eigenvalue weighted by Crippen LogP contribution is 2.47. The van der Waals surface area contributed by atoms with Gasteiger partial charge in [-0.05, 0) is 31.6 Å². The molecule has 5 nitrogen and oxygen atoms in total. The third-order valence-corrected chi connectivity index (χ3v) is 4.77. The second-order valence-corrected chi connectivity index (χ2v) is 6.10. The summed E-state index contributed by atoms with van der Waals surface area (Å²) in [7, 11) is 1.45. The number of hydrogen-bond acceptors (Lipinski definition) is 4. The van der Waals surface area contributed by atoms with Gasteiger partial charge in [-0.1, -0.05) is 0 Å². The van der Waals surface area contributed by atoms with Gasteiger partial charge in [-0.3, -0.25) is 4.79 Å². The van der Waals surface area contributed by atoms with Gasteiger partial charge in [0.25, 0.3) is 0 Å². The summed E-state index contributed by atoms with van der Waals surface area (Å²) in [5.74, 6) is 1.34. The third-order valence-electron chi connectivity index (χ3n) is 4.77. The molecule has 1 aromatic heterocycles. The van der Waals surface area contributed by atoms with Crippen molar-refractivity contribution >= 4 is 5.97 Å². The Kier molecular flexibility index (Phi) is 3.54. The maximum Gasteiger partial charge on any atom is 0.313 e. The molecule has 1 unspecified atom stereocenters. The van der Waals surface area contributed by atoms with Crippen molar-refractivity contribution in [2.75, 3.05) is 13.7 Å². The van der Waals surface area contributed by atoms with E-state index in [9.17, 15) is 4.79 Å². The van der Waals surface area contributed by atoms with E-state index in [1.807, 2.05) is 0 Å². The van der Waals surface area contributed by atoms with Crippen LogP contribution in [-0.2, 0) is 28.9 Å². The van der Waals surface area contributed by atoms with Crippen molar-refractivity contribution in [1.82, 2.24) is 9.55 Å². The molecule has 3 rings (SSSR count). The Balaban J connectivity index is 1.85. The first-order valence-electron chi connectivity index (χ1n) is 7.53. The van der Waals surface area contributed by atoms with Crippen molar-refractivity contribution in [3.8, 4) is 0 Å². The second kappa shape index (κ2) is 5.20. The molecular weight excluding hydrogens is 254 g/mol. The highest BCUT2D eigenvalue weighted by Gasteiger charge is 2.51. The van der Waals surface area contributed by atoms with E-state index >= 15 is 0 Å². The topological polar surface area (TPSA) is 70.1 Å². The van der Waals surface area contributed by atoms with Crippen LogP contribution in [0, 0.1) is 11.3 Å². The normalized spacial score (nSPS) is 21.1. The number of imidazole rings is 1. The first-order chi connectivity index (χ1) is 9.69. The van der Waals surface area contributed by atoms with Gasteiger partial charge in [-0.15, -0.1) is 0 Å². The van der Waals surface area contributed by atoms with Gasteiger partial charge >= 0.3 is 5.97 Å². The van der Waals surface area contributed by atoms with Crippen LogP contribution in [0.2, 0.25) is 0 Å². The molecule has 1 saturated carbocycles. The Hall–Kier alpha value is -1.36. The fourth-order valence-corrected chi connectivity index (χ4v) is 3.42. The molecule has 20 heavy (non-hydrogen) atoms. The predicted molar refractivity (Wildman–Crippen MR) is 75.1 cm³/mol. The van der Waals surface area contributed by atoms with Gasteiger partial charge < -0.3 is 15.0 Å². The van der Waals surface area contributed by atoms with Crippen LogP contribution in [0.4, 0.5) is 0 Å². The molecule has 0 radical (unpaired) electrons. The number of methoxy groups -OCH3 is 1. The van der Waals surface area contributed by atoms with Gasteiger partial charge in [0.2, 0.25) is 0 Å². The average molecular weight is 277 g/mol. The van der Waals surface area contributed by atoms with E-state index in [0.717, 1.165) is 37.3 Å². The summed E-state index contributed by atoms with van der Waals surface area (Å²) in [4.78, 5) is 17.0. The Morgan fingerprint density at radius 3 is 2.95 bits per heavy atom. The number of hydrogen-bond donors (Lipinski definition) is 1. The van der Waals surface area contributed by atoms with Crippen LogP contribution >= 0.6 is 0 Å². The van der Waals surface area contributed by atoms with E-state index in [0.29, 0.717) is 18.9 Å². The Labute approximate surface area is 119 Å². The molecule has 1 aromatic rings. The summed E-state index contributed by atoms with van der Waals surface area (Å²) in [6.07, 6.45) is 8.31. The highest BCUT2D eigenvalue weighted by molar-refractivity contribution is 5.78. The molecule has 0 bridgehead atoms. The summed E-state index contributed by atoms with van der Waals surface area (Å²) in [6, 6.07) is 0. The lowest BCUT2D eigenvalue weighted by Crippen LogP contribution is -2.43. The van der Waals surface area contributed by atoms with Gasteiger partial charge in [-0.2, -0.15) is 0 Å². The Morgan fingerprint density at radius 2 is 2.35 bits per heavy atom. The van der Waals surface area contributed by atoms with E-state index in [-0.39, 0.29) is 5.97 Å². The van der Waals surface area contributed by atoms with Crippen molar-refractivity contribution in [3.63, 3.8) is 0 Å². The fraction of sp³-hybridized carbons (Fsp3) is 0.733. The number of fused-ring (bicyclic) bond motifs is 1. The predicted octanol–water partition coefficient (Wildman–Crippen LogP) is 1.29. The number of nitrogens with two attached hydrogens (primary N) is 1. The van der Waals surface area contributed by atoms with Crippen molar-refractivity contribution in [3.05, 3.63) is 17.7 Å². The maximum absolute atomic E-state index is 12.3. The monoisotopic (exact) mass is 277 g/mol. The smallest absolute Gasteiger partial charge is 0.313 e. The Bertz CT molecular complexity index is 484. The molecule has 2 N–H and O–H groups in total. The Morgan fingerprint density at radius 1 is 1.55 bits per heavy atom. The van der Waals surface area contributed by atoms with Crippen molar-refractivity contribution in [2.45, 2.75) is 45.1 Å². The summed E-state index contributed by atoms with van der Waals surface area (Å²) in [5.41, 5.74) is 6.38. The molecule has 1 fully saturated rings. The van der Waals surface area contributed by atoms with Crippen LogP contribution in [-0.4, -0.2) is 29.2 Å². The number of rotatable bonds is 5. The van der Waals surface area contributed by atoms with Crippen LogP contribution in [0.3, 0.4) is 0 Å². The van der Waals surface area contributed by atoms with Gasteiger partial charge in [0.05, 0.1) is 18.2 Å². The number of nitrogens with zero attached hydrogens (tertiary/aromatic N) is 2. The zero-order chi connectivity index (χ0) is 14.2. The number of aryl methyl sites for hydroxylation is 2. The number of aromatic nitrogens is 2. The van der Waals surface area contributed by atoms with Gasteiger partial charge in [-0.25, -0.2) is 4.98 Å². The van der Waals surface area contributed by atoms with Crippen molar-refractivity contribution in [2.24, 2.45) is 17.1 Å². The minimum absolute atomic E-state index is 0.173. The molecule has 2 aliphatic rings. The molecule has 0 amide bonds. The molecular formula is C15H23N3O2.